The van der Waals surface area contributed by atoms with E-state index in [1.54, 1.807) is 0 Å². The molecule has 1 saturated heterocycles. The quantitative estimate of drug-likeness (QED) is 0.909. The number of rotatable bonds is 3. The number of anilines is 2. The van der Waals surface area contributed by atoms with Crippen molar-refractivity contribution in [3.63, 3.8) is 0 Å². The summed E-state index contributed by atoms with van der Waals surface area (Å²) in [6.45, 7) is 8.99. The fourth-order valence-electron chi connectivity index (χ4n) is 2.65. The smallest absolute Gasteiger partial charge is 0.134 e. The van der Waals surface area contributed by atoms with Crippen molar-refractivity contribution in [3.05, 3.63) is 11.9 Å². The highest BCUT2D eigenvalue weighted by atomic mass is 15.2. The van der Waals surface area contributed by atoms with Gasteiger partial charge in [0.05, 0.1) is 0 Å². The van der Waals surface area contributed by atoms with Crippen LogP contribution < -0.4 is 10.6 Å². The summed E-state index contributed by atoms with van der Waals surface area (Å²) in [5.74, 6) is 2.48. The van der Waals surface area contributed by atoms with Crippen LogP contribution >= 0.6 is 0 Å². The summed E-state index contributed by atoms with van der Waals surface area (Å²) in [6, 6.07) is 1.91. The van der Waals surface area contributed by atoms with Gasteiger partial charge in [-0.1, -0.05) is 20.8 Å². The SMILES string of the molecule is CCCc1nc(N)cc(N2CCCC(C)(C)CC2)n1. The highest BCUT2D eigenvalue weighted by molar-refractivity contribution is 5.47. The molecule has 2 heterocycles. The second kappa shape index (κ2) is 5.76. The largest absolute Gasteiger partial charge is 0.384 e. The van der Waals surface area contributed by atoms with Gasteiger partial charge in [0.2, 0.25) is 0 Å². The molecule has 1 fully saturated rings. The molecular weight excluding hydrogens is 236 g/mol. The first-order chi connectivity index (χ1) is 9.00. The van der Waals surface area contributed by atoms with Crippen molar-refractivity contribution in [2.75, 3.05) is 23.7 Å². The van der Waals surface area contributed by atoms with Gasteiger partial charge in [-0.15, -0.1) is 0 Å². The van der Waals surface area contributed by atoms with Crippen molar-refractivity contribution in [2.45, 2.75) is 52.9 Å². The molecule has 0 aliphatic carbocycles. The Balaban J connectivity index is 2.16. The van der Waals surface area contributed by atoms with Crippen LogP contribution in [-0.2, 0) is 6.42 Å². The minimum absolute atomic E-state index is 0.444. The molecule has 0 aromatic carbocycles. The van der Waals surface area contributed by atoms with Gasteiger partial charge in [-0.2, -0.15) is 0 Å². The van der Waals surface area contributed by atoms with Gasteiger partial charge >= 0.3 is 0 Å². The van der Waals surface area contributed by atoms with Crippen LogP contribution in [0.4, 0.5) is 11.6 Å². The molecule has 1 aromatic heterocycles. The Morgan fingerprint density at radius 2 is 2.05 bits per heavy atom. The van der Waals surface area contributed by atoms with E-state index in [-0.39, 0.29) is 0 Å². The van der Waals surface area contributed by atoms with Crippen LogP contribution in [0.25, 0.3) is 0 Å². The Bertz CT molecular complexity index is 428. The number of aryl methyl sites for hydroxylation is 1. The highest BCUT2D eigenvalue weighted by Gasteiger charge is 2.23. The van der Waals surface area contributed by atoms with Gasteiger partial charge in [0.15, 0.2) is 0 Å². The number of aromatic nitrogens is 2. The monoisotopic (exact) mass is 262 g/mol. The molecule has 1 aliphatic heterocycles. The molecule has 0 saturated carbocycles. The third kappa shape index (κ3) is 3.82. The van der Waals surface area contributed by atoms with Crippen molar-refractivity contribution in [2.24, 2.45) is 5.41 Å². The number of nitrogen functional groups attached to an aromatic ring is 1. The maximum absolute atomic E-state index is 5.91. The van der Waals surface area contributed by atoms with Gasteiger partial charge in [0.1, 0.15) is 17.5 Å². The van der Waals surface area contributed by atoms with Crippen LogP contribution in [0.5, 0.6) is 0 Å². The zero-order valence-corrected chi connectivity index (χ0v) is 12.4. The number of hydrogen-bond acceptors (Lipinski definition) is 4. The molecule has 0 atom stereocenters. The van der Waals surface area contributed by atoms with Crippen molar-refractivity contribution in [1.82, 2.24) is 9.97 Å². The molecule has 106 valence electrons. The summed E-state index contributed by atoms with van der Waals surface area (Å²) in [5, 5.41) is 0. The Labute approximate surface area is 116 Å². The lowest BCUT2D eigenvalue weighted by Crippen LogP contribution is -2.26. The molecule has 1 aliphatic rings. The van der Waals surface area contributed by atoms with E-state index in [1.807, 2.05) is 6.07 Å². The van der Waals surface area contributed by atoms with Crippen LogP contribution in [0.2, 0.25) is 0 Å². The summed E-state index contributed by atoms with van der Waals surface area (Å²) in [7, 11) is 0. The maximum atomic E-state index is 5.91. The predicted molar refractivity (Wildman–Crippen MR) is 80.3 cm³/mol. The maximum Gasteiger partial charge on any atom is 0.134 e. The van der Waals surface area contributed by atoms with Crippen molar-refractivity contribution in [1.29, 1.82) is 0 Å². The first-order valence-electron chi connectivity index (χ1n) is 7.38. The van der Waals surface area contributed by atoms with E-state index < -0.39 is 0 Å². The number of nitrogens with zero attached hydrogens (tertiary/aromatic N) is 3. The third-order valence-corrected chi connectivity index (χ3v) is 3.92. The first kappa shape index (κ1) is 14.1. The molecule has 1 aromatic rings. The predicted octanol–water partition coefficient (Wildman–Crippen LogP) is 3.03. The van der Waals surface area contributed by atoms with Crippen LogP contribution in [0, 0.1) is 5.41 Å². The first-order valence-corrected chi connectivity index (χ1v) is 7.38. The van der Waals surface area contributed by atoms with Gasteiger partial charge in [-0.3, -0.25) is 0 Å². The summed E-state index contributed by atoms with van der Waals surface area (Å²) in [6.07, 6.45) is 5.67. The molecule has 4 nitrogen and oxygen atoms in total. The van der Waals surface area contributed by atoms with E-state index in [9.17, 15) is 0 Å². The highest BCUT2D eigenvalue weighted by Crippen LogP contribution is 2.31. The van der Waals surface area contributed by atoms with Crippen molar-refractivity contribution in [3.8, 4) is 0 Å². The Morgan fingerprint density at radius 1 is 1.26 bits per heavy atom. The fourth-order valence-corrected chi connectivity index (χ4v) is 2.65. The average molecular weight is 262 g/mol. The normalized spacial score (nSPS) is 19.2. The van der Waals surface area contributed by atoms with Gasteiger partial charge in [0.25, 0.3) is 0 Å². The topological polar surface area (TPSA) is 55.0 Å². The summed E-state index contributed by atoms with van der Waals surface area (Å²) < 4.78 is 0. The molecule has 0 amide bonds. The van der Waals surface area contributed by atoms with Crippen molar-refractivity contribution < 1.29 is 0 Å². The molecule has 2 N–H and O–H groups in total. The Hall–Kier alpha value is -1.32. The molecular formula is C15H26N4. The molecule has 2 rings (SSSR count). The zero-order chi connectivity index (χ0) is 13.9. The van der Waals surface area contributed by atoms with Crippen LogP contribution in [0.15, 0.2) is 6.07 Å². The van der Waals surface area contributed by atoms with Crippen LogP contribution in [0.3, 0.4) is 0 Å². The summed E-state index contributed by atoms with van der Waals surface area (Å²) in [4.78, 5) is 11.3. The summed E-state index contributed by atoms with van der Waals surface area (Å²) >= 11 is 0. The lowest BCUT2D eigenvalue weighted by molar-refractivity contribution is 0.325. The number of nitrogens with two attached hydrogens (primary N) is 1. The van der Waals surface area contributed by atoms with E-state index in [0.717, 1.165) is 37.6 Å². The second-order valence-electron chi connectivity index (χ2n) is 6.32. The Morgan fingerprint density at radius 3 is 2.79 bits per heavy atom. The second-order valence-corrected chi connectivity index (χ2v) is 6.32. The van der Waals surface area contributed by atoms with Gasteiger partial charge in [0, 0.05) is 25.6 Å². The van der Waals surface area contributed by atoms with E-state index in [2.05, 4.69) is 35.6 Å². The van der Waals surface area contributed by atoms with E-state index in [1.165, 1.54) is 19.3 Å². The van der Waals surface area contributed by atoms with E-state index in [0.29, 0.717) is 11.2 Å². The molecule has 0 spiro atoms. The molecule has 4 heteroatoms. The van der Waals surface area contributed by atoms with Gasteiger partial charge in [-0.25, -0.2) is 9.97 Å². The Kier molecular flexibility index (Phi) is 4.27. The fraction of sp³-hybridized carbons (Fsp3) is 0.733. The number of hydrogen-bond donors (Lipinski definition) is 1. The van der Waals surface area contributed by atoms with Crippen molar-refractivity contribution >= 4 is 11.6 Å². The molecule has 0 unspecified atom stereocenters. The lowest BCUT2D eigenvalue weighted by atomic mass is 9.85. The van der Waals surface area contributed by atoms with Gasteiger partial charge in [-0.05, 0) is 31.1 Å². The minimum Gasteiger partial charge on any atom is -0.384 e. The standard InChI is InChI=1S/C15H26N4/c1-4-6-13-17-12(16)11-14(18-13)19-9-5-7-15(2,3)8-10-19/h11H,4-10H2,1-3H3,(H2,16,17,18). The van der Waals surface area contributed by atoms with E-state index >= 15 is 0 Å². The van der Waals surface area contributed by atoms with Crippen LogP contribution in [-0.4, -0.2) is 23.1 Å². The van der Waals surface area contributed by atoms with Crippen LogP contribution in [0.1, 0.15) is 52.3 Å². The molecule has 0 bridgehead atoms. The molecule has 0 radical (unpaired) electrons. The third-order valence-electron chi connectivity index (χ3n) is 3.92. The average Bonchev–Trinajstić information content (AvgIpc) is 2.50. The van der Waals surface area contributed by atoms with E-state index in [4.69, 9.17) is 5.73 Å². The molecule has 19 heavy (non-hydrogen) atoms. The van der Waals surface area contributed by atoms with Gasteiger partial charge < -0.3 is 10.6 Å². The zero-order valence-electron chi connectivity index (χ0n) is 12.4. The lowest BCUT2D eigenvalue weighted by Gasteiger charge is -2.24. The summed E-state index contributed by atoms with van der Waals surface area (Å²) in [5.41, 5.74) is 6.35. The minimum atomic E-state index is 0.444.